The van der Waals surface area contributed by atoms with Crippen LogP contribution in [0.2, 0.25) is 0 Å². The Labute approximate surface area is 115 Å². The number of nitrogens with zero attached hydrogens (tertiary/aromatic N) is 1. The summed E-state index contributed by atoms with van der Waals surface area (Å²) in [6.45, 7) is 2.57. The van der Waals surface area contributed by atoms with Gasteiger partial charge in [0.1, 0.15) is 0 Å². The Hall–Kier alpha value is -1.13. The van der Waals surface area contributed by atoms with Crippen molar-refractivity contribution in [2.45, 2.75) is 13.3 Å². The van der Waals surface area contributed by atoms with E-state index in [1.54, 1.807) is 6.92 Å². The van der Waals surface area contributed by atoms with Gasteiger partial charge in [0.15, 0.2) is 5.78 Å². The summed E-state index contributed by atoms with van der Waals surface area (Å²) in [6.07, 6.45) is 0.915. The van der Waals surface area contributed by atoms with E-state index in [-0.39, 0.29) is 5.78 Å². The molecule has 0 radical (unpaired) electrons. The van der Waals surface area contributed by atoms with E-state index < -0.39 is 0 Å². The molecule has 1 aromatic heterocycles. The molecule has 0 aliphatic carbocycles. The molecule has 1 N–H and O–H groups in total. The first-order valence-corrected chi connectivity index (χ1v) is 6.74. The van der Waals surface area contributed by atoms with Crippen molar-refractivity contribution in [1.82, 2.24) is 9.88 Å². The van der Waals surface area contributed by atoms with Gasteiger partial charge in [-0.2, -0.15) is 0 Å². The van der Waals surface area contributed by atoms with Crippen molar-refractivity contribution in [3.63, 3.8) is 0 Å². The van der Waals surface area contributed by atoms with Gasteiger partial charge in [0.25, 0.3) is 0 Å². The third-order valence-corrected chi connectivity index (χ3v) is 3.74. The molecule has 0 aliphatic rings. The molecule has 96 valence electrons. The van der Waals surface area contributed by atoms with Crippen LogP contribution in [0.25, 0.3) is 10.9 Å². The average Bonchev–Trinajstić information content (AvgIpc) is 2.61. The Balaban J connectivity index is 2.56. The van der Waals surface area contributed by atoms with Crippen LogP contribution < -0.4 is 0 Å². The highest BCUT2D eigenvalue weighted by Gasteiger charge is 2.15. The van der Waals surface area contributed by atoms with E-state index in [0.29, 0.717) is 0 Å². The summed E-state index contributed by atoms with van der Waals surface area (Å²) in [5, 5.41) is 1.05. The Bertz CT molecular complexity index is 587. The molecule has 0 amide bonds. The average molecular weight is 309 g/mol. The fourth-order valence-corrected chi connectivity index (χ4v) is 2.76. The number of Topliss-reactive ketones (excluding diaryl/α,β-unsaturated/α-hetero) is 1. The summed E-state index contributed by atoms with van der Waals surface area (Å²) in [4.78, 5) is 17.2. The summed E-state index contributed by atoms with van der Waals surface area (Å²) >= 11 is 3.56. The normalized spacial score (nSPS) is 11.4. The second-order valence-electron chi connectivity index (χ2n) is 4.76. The van der Waals surface area contributed by atoms with E-state index in [9.17, 15) is 4.79 Å². The Morgan fingerprint density at radius 2 is 2.11 bits per heavy atom. The third-order valence-electron chi connectivity index (χ3n) is 3.06. The number of halogens is 1. The number of fused-ring (bicyclic) bond motifs is 1. The Morgan fingerprint density at radius 1 is 1.39 bits per heavy atom. The van der Waals surface area contributed by atoms with Crippen LogP contribution in [0.1, 0.15) is 22.8 Å². The van der Waals surface area contributed by atoms with Crippen LogP contribution in [0.5, 0.6) is 0 Å². The first-order valence-electron chi connectivity index (χ1n) is 5.95. The Morgan fingerprint density at radius 3 is 2.72 bits per heavy atom. The number of aromatic amines is 1. The summed E-state index contributed by atoms with van der Waals surface area (Å²) < 4.78 is 0.980. The molecule has 18 heavy (non-hydrogen) atoms. The van der Waals surface area contributed by atoms with Crippen LogP contribution in [-0.4, -0.2) is 36.3 Å². The lowest BCUT2D eigenvalue weighted by molar-refractivity contribution is 0.101. The lowest BCUT2D eigenvalue weighted by Crippen LogP contribution is -2.15. The number of hydrogen-bond acceptors (Lipinski definition) is 2. The number of hydrogen-bond donors (Lipinski definition) is 1. The number of carbonyl (C=O) groups is 1. The van der Waals surface area contributed by atoms with E-state index in [1.807, 2.05) is 18.2 Å². The van der Waals surface area contributed by atoms with Gasteiger partial charge < -0.3 is 9.88 Å². The maximum Gasteiger partial charge on any atom is 0.160 e. The number of H-pyrrole nitrogens is 1. The van der Waals surface area contributed by atoms with Gasteiger partial charge in [0.2, 0.25) is 0 Å². The maximum absolute atomic E-state index is 11.7. The van der Waals surface area contributed by atoms with Crippen LogP contribution in [-0.2, 0) is 6.42 Å². The van der Waals surface area contributed by atoms with E-state index in [2.05, 4.69) is 39.9 Å². The van der Waals surface area contributed by atoms with Crippen LogP contribution in [0.15, 0.2) is 22.8 Å². The molecule has 2 rings (SSSR count). The summed E-state index contributed by atoms with van der Waals surface area (Å²) in [7, 11) is 4.10. The minimum atomic E-state index is 0.109. The van der Waals surface area contributed by atoms with Gasteiger partial charge in [-0.05, 0) is 55.0 Å². The second-order valence-corrected chi connectivity index (χ2v) is 5.55. The number of likely N-dealkylation sites (N-methyl/N-ethyl adjacent to an activating group) is 1. The maximum atomic E-state index is 11.7. The SMILES string of the molecule is CC(=O)c1cccc2[nH]c(Br)c(CCN(C)C)c12. The predicted octanol–water partition coefficient (Wildman–Crippen LogP) is 3.24. The second kappa shape index (κ2) is 5.24. The van der Waals surface area contributed by atoms with Crippen molar-refractivity contribution in [2.24, 2.45) is 0 Å². The molecule has 0 spiro atoms. The predicted molar refractivity (Wildman–Crippen MR) is 78.3 cm³/mol. The fraction of sp³-hybridized carbons (Fsp3) is 0.357. The summed E-state index contributed by atoms with van der Waals surface area (Å²) in [5.74, 6) is 0.109. The number of ketones is 1. The highest BCUT2D eigenvalue weighted by Crippen LogP contribution is 2.30. The minimum absolute atomic E-state index is 0.109. The zero-order valence-electron chi connectivity index (χ0n) is 10.9. The van der Waals surface area contributed by atoms with Crippen molar-refractivity contribution in [3.8, 4) is 0 Å². The third kappa shape index (κ3) is 2.49. The molecule has 1 aromatic carbocycles. The van der Waals surface area contributed by atoms with Crippen LogP contribution in [0.4, 0.5) is 0 Å². The minimum Gasteiger partial charge on any atom is -0.349 e. The molecule has 3 nitrogen and oxygen atoms in total. The summed E-state index contributed by atoms with van der Waals surface area (Å²) in [6, 6.07) is 5.81. The number of nitrogens with one attached hydrogen (secondary N) is 1. The largest absolute Gasteiger partial charge is 0.349 e. The Kier molecular flexibility index (Phi) is 3.88. The first-order chi connectivity index (χ1) is 8.50. The zero-order chi connectivity index (χ0) is 13.3. The van der Waals surface area contributed by atoms with Crippen LogP contribution >= 0.6 is 15.9 Å². The molecular weight excluding hydrogens is 292 g/mol. The number of rotatable bonds is 4. The van der Waals surface area contributed by atoms with Crippen LogP contribution in [0, 0.1) is 0 Å². The first kappa shape index (κ1) is 13.3. The van der Waals surface area contributed by atoms with Gasteiger partial charge in [0, 0.05) is 23.0 Å². The monoisotopic (exact) mass is 308 g/mol. The molecule has 2 aromatic rings. The molecule has 0 saturated heterocycles. The molecule has 1 heterocycles. The molecule has 0 unspecified atom stereocenters. The van der Waals surface area contributed by atoms with E-state index in [4.69, 9.17) is 0 Å². The van der Waals surface area contributed by atoms with Gasteiger partial charge in [-0.15, -0.1) is 0 Å². The highest BCUT2D eigenvalue weighted by molar-refractivity contribution is 9.10. The lowest BCUT2D eigenvalue weighted by atomic mass is 10.0. The number of benzene rings is 1. The van der Waals surface area contributed by atoms with Crippen molar-refractivity contribution >= 4 is 32.6 Å². The topological polar surface area (TPSA) is 36.1 Å². The fourth-order valence-electron chi connectivity index (χ4n) is 2.15. The molecule has 0 aliphatic heterocycles. The molecule has 4 heteroatoms. The lowest BCUT2D eigenvalue weighted by Gasteiger charge is -2.09. The smallest absolute Gasteiger partial charge is 0.160 e. The standard InChI is InChI=1S/C14H17BrN2O/c1-9(18)10-5-4-6-12-13(10)11(14(15)16-12)7-8-17(2)3/h4-6,16H,7-8H2,1-3H3. The van der Waals surface area contributed by atoms with E-state index in [1.165, 1.54) is 5.56 Å². The van der Waals surface area contributed by atoms with E-state index in [0.717, 1.165) is 34.0 Å². The molecule has 0 bridgehead atoms. The van der Waals surface area contributed by atoms with Gasteiger partial charge in [0.05, 0.1) is 4.60 Å². The molecule has 0 saturated carbocycles. The van der Waals surface area contributed by atoms with Gasteiger partial charge in [-0.3, -0.25) is 4.79 Å². The van der Waals surface area contributed by atoms with Crippen molar-refractivity contribution in [2.75, 3.05) is 20.6 Å². The zero-order valence-corrected chi connectivity index (χ0v) is 12.5. The van der Waals surface area contributed by atoms with Gasteiger partial charge >= 0.3 is 0 Å². The highest BCUT2D eigenvalue weighted by atomic mass is 79.9. The molecule has 0 atom stereocenters. The molecule has 0 fully saturated rings. The van der Waals surface area contributed by atoms with E-state index >= 15 is 0 Å². The quantitative estimate of drug-likeness (QED) is 0.880. The number of carbonyl (C=O) groups excluding carboxylic acids is 1. The van der Waals surface area contributed by atoms with Gasteiger partial charge in [-0.25, -0.2) is 0 Å². The van der Waals surface area contributed by atoms with Crippen LogP contribution in [0.3, 0.4) is 0 Å². The number of aromatic nitrogens is 1. The van der Waals surface area contributed by atoms with Crippen molar-refractivity contribution in [1.29, 1.82) is 0 Å². The van der Waals surface area contributed by atoms with Gasteiger partial charge in [-0.1, -0.05) is 12.1 Å². The van der Waals surface area contributed by atoms with Crippen molar-refractivity contribution in [3.05, 3.63) is 33.9 Å². The summed E-state index contributed by atoms with van der Waals surface area (Å²) in [5.41, 5.74) is 3.00. The van der Waals surface area contributed by atoms with Crippen molar-refractivity contribution < 1.29 is 4.79 Å². The molecular formula is C14H17BrN2O.